The van der Waals surface area contributed by atoms with Crippen LogP contribution >= 0.6 is 43.5 Å². The van der Waals surface area contributed by atoms with Gasteiger partial charge < -0.3 is 5.32 Å². The van der Waals surface area contributed by atoms with Gasteiger partial charge >= 0.3 is 0 Å². The van der Waals surface area contributed by atoms with Gasteiger partial charge in [-0.3, -0.25) is 0 Å². The zero-order valence-corrected chi connectivity index (χ0v) is 13.0. The number of hydrogen-bond donors (Lipinski definition) is 1. The van der Waals surface area contributed by atoms with Crippen LogP contribution in [0, 0.1) is 11.3 Å². The van der Waals surface area contributed by atoms with E-state index in [1.54, 1.807) is 18.2 Å². The van der Waals surface area contributed by atoms with E-state index in [4.69, 9.17) is 16.9 Å². The lowest BCUT2D eigenvalue weighted by atomic mass is 10.2. The molecule has 2 rings (SSSR count). The van der Waals surface area contributed by atoms with Crippen molar-refractivity contribution in [3.05, 3.63) is 55.9 Å². The number of hydrogen-bond acceptors (Lipinski definition) is 2. The molecule has 18 heavy (non-hydrogen) atoms. The van der Waals surface area contributed by atoms with E-state index in [1.807, 2.05) is 18.2 Å². The van der Waals surface area contributed by atoms with Crippen molar-refractivity contribution in [2.75, 3.05) is 5.32 Å². The first-order valence-electron chi connectivity index (χ1n) is 5.02. The van der Waals surface area contributed by atoms with Crippen LogP contribution in [0.15, 0.2) is 45.3 Å². The lowest BCUT2D eigenvalue weighted by Gasteiger charge is -2.10. The van der Waals surface area contributed by atoms with Crippen molar-refractivity contribution in [2.45, 2.75) is 0 Å². The van der Waals surface area contributed by atoms with Gasteiger partial charge in [-0.05, 0) is 52.3 Å². The van der Waals surface area contributed by atoms with Gasteiger partial charge in [0.15, 0.2) is 0 Å². The molecule has 90 valence electrons. The van der Waals surface area contributed by atoms with E-state index in [-0.39, 0.29) is 0 Å². The molecule has 5 heteroatoms. The molecule has 0 amide bonds. The lowest BCUT2D eigenvalue weighted by Crippen LogP contribution is -1.94. The molecule has 2 aromatic carbocycles. The maximum atomic E-state index is 9.06. The molecule has 0 heterocycles. The zero-order valence-electron chi connectivity index (χ0n) is 9.05. The summed E-state index contributed by atoms with van der Waals surface area (Å²) in [5, 5.41) is 12.9. The Morgan fingerprint density at radius 2 is 1.83 bits per heavy atom. The summed E-state index contributed by atoms with van der Waals surface area (Å²) in [5.41, 5.74) is 2.18. The van der Waals surface area contributed by atoms with E-state index in [2.05, 4.69) is 43.2 Å². The smallest absolute Gasteiger partial charge is 0.101 e. The minimum Gasteiger partial charge on any atom is -0.353 e. The Labute approximate surface area is 127 Å². The molecule has 0 fully saturated rings. The van der Waals surface area contributed by atoms with Crippen molar-refractivity contribution in [3.63, 3.8) is 0 Å². The molecule has 0 aliphatic rings. The first-order chi connectivity index (χ1) is 8.60. The van der Waals surface area contributed by atoms with Crippen molar-refractivity contribution < 1.29 is 0 Å². The standard InChI is InChI=1S/C13H7Br2ClN2/c14-9-2-1-8(7-17)13(5-9)18-12-4-3-10(16)6-11(12)15/h1-6,18H. The van der Waals surface area contributed by atoms with E-state index in [1.165, 1.54) is 0 Å². The largest absolute Gasteiger partial charge is 0.353 e. The Morgan fingerprint density at radius 3 is 2.50 bits per heavy atom. The first kappa shape index (κ1) is 13.4. The van der Waals surface area contributed by atoms with Gasteiger partial charge in [-0.25, -0.2) is 0 Å². The molecule has 2 nitrogen and oxygen atoms in total. The molecule has 0 spiro atoms. The van der Waals surface area contributed by atoms with Crippen LogP contribution in [0.25, 0.3) is 0 Å². The number of benzene rings is 2. The van der Waals surface area contributed by atoms with E-state index < -0.39 is 0 Å². The van der Waals surface area contributed by atoms with Crippen LogP contribution in [0.1, 0.15) is 5.56 Å². The number of nitriles is 1. The summed E-state index contributed by atoms with van der Waals surface area (Å²) < 4.78 is 1.76. The van der Waals surface area contributed by atoms with Gasteiger partial charge in [-0.2, -0.15) is 5.26 Å². The van der Waals surface area contributed by atoms with E-state index >= 15 is 0 Å². The van der Waals surface area contributed by atoms with Gasteiger partial charge in [0, 0.05) is 14.0 Å². The van der Waals surface area contributed by atoms with E-state index in [9.17, 15) is 0 Å². The number of halogens is 3. The third kappa shape index (κ3) is 3.05. The number of nitrogens with one attached hydrogen (secondary N) is 1. The summed E-state index contributed by atoms with van der Waals surface area (Å²) in [5.74, 6) is 0. The van der Waals surface area contributed by atoms with Gasteiger partial charge in [0.1, 0.15) is 6.07 Å². The molecule has 0 aliphatic carbocycles. The first-order valence-corrected chi connectivity index (χ1v) is 6.98. The van der Waals surface area contributed by atoms with Crippen molar-refractivity contribution >= 4 is 54.8 Å². The fourth-order valence-corrected chi connectivity index (χ4v) is 2.60. The van der Waals surface area contributed by atoms with Gasteiger partial charge in [0.25, 0.3) is 0 Å². The Hall–Kier alpha value is -1.02. The number of anilines is 2. The van der Waals surface area contributed by atoms with E-state index in [0.29, 0.717) is 10.6 Å². The molecule has 0 unspecified atom stereocenters. The van der Waals surface area contributed by atoms with Crippen LogP contribution in [0.3, 0.4) is 0 Å². The normalized spacial score (nSPS) is 9.89. The summed E-state index contributed by atoms with van der Waals surface area (Å²) in [4.78, 5) is 0. The van der Waals surface area contributed by atoms with Crippen LogP contribution < -0.4 is 5.32 Å². The monoisotopic (exact) mass is 384 g/mol. The third-order valence-corrected chi connectivity index (χ3v) is 3.69. The molecule has 0 bridgehead atoms. The Morgan fingerprint density at radius 1 is 1.06 bits per heavy atom. The summed E-state index contributed by atoms with van der Waals surface area (Å²) >= 11 is 12.7. The van der Waals surface area contributed by atoms with Gasteiger partial charge in [-0.1, -0.05) is 27.5 Å². The zero-order chi connectivity index (χ0) is 13.1. The second-order valence-electron chi connectivity index (χ2n) is 3.55. The average Bonchev–Trinajstić information content (AvgIpc) is 2.33. The predicted octanol–water partition coefficient (Wildman–Crippen LogP) is 5.48. The molecule has 0 atom stereocenters. The maximum Gasteiger partial charge on any atom is 0.101 e. The predicted molar refractivity (Wildman–Crippen MR) is 81.3 cm³/mol. The van der Waals surface area contributed by atoms with Crippen molar-refractivity contribution in [2.24, 2.45) is 0 Å². The number of nitrogens with zero attached hydrogens (tertiary/aromatic N) is 1. The van der Waals surface area contributed by atoms with E-state index in [0.717, 1.165) is 20.3 Å². The Kier molecular flexibility index (Phi) is 4.28. The molecular formula is C13H7Br2ClN2. The quantitative estimate of drug-likeness (QED) is 0.742. The van der Waals surface area contributed by atoms with Crippen molar-refractivity contribution in [1.29, 1.82) is 5.26 Å². The van der Waals surface area contributed by atoms with Crippen LogP contribution in [-0.2, 0) is 0 Å². The molecule has 0 aromatic heterocycles. The van der Waals surface area contributed by atoms with Crippen LogP contribution in [0.2, 0.25) is 5.02 Å². The summed E-state index contributed by atoms with van der Waals surface area (Å²) in [7, 11) is 0. The molecule has 1 N–H and O–H groups in total. The fourth-order valence-electron chi connectivity index (χ4n) is 1.45. The molecule has 0 aliphatic heterocycles. The van der Waals surface area contributed by atoms with Crippen LogP contribution in [-0.4, -0.2) is 0 Å². The van der Waals surface area contributed by atoms with Gasteiger partial charge in [0.2, 0.25) is 0 Å². The highest BCUT2D eigenvalue weighted by atomic mass is 79.9. The average molecular weight is 386 g/mol. The summed E-state index contributed by atoms with van der Waals surface area (Å²) in [6.45, 7) is 0. The van der Waals surface area contributed by atoms with Crippen molar-refractivity contribution in [1.82, 2.24) is 0 Å². The summed E-state index contributed by atoms with van der Waals surface area (Å²) in [6, 6.07) is 13.0. The Bertz CT molecular complexity index is 635. The van der Waals surface area contributed by atoms with Gasteiger partial charge in [0.05, 0.1) is 16.9 Å². The highest BCUT2D eigenvalue weighted by Gasteiger charge is 2.06. The fraction of sp³-hybridized carbons (Fsp3) is 0. The van der Waals surface area contributed by atoms with Crippen molar-refractivity contribution in [3.8, 4) is 6.07 Å². The minimum absolute atomic E-state index is 0.583. The topological polar surface area (TPSA) is 35.8 Å². The highest BCUT2D eigenvalue weighted by Crippen LogP contribution is 2.31. The maximum absolute atomic E-state index is 9.06. The van der Waals surface area contributed by atoms with Crippen LogP contribution in [0.4, 0.5) is 11.4 Å². The van der Waals surface area contributed by atoms with Crippen LogP contribution in [0.5, 0.6) is 0 Å². The second-order valence-corrected chi connectivity index (χ2v) is 5.76. The Balaban J connectivity index is 2.40. The SMILES string of the molecule is N#Cc1ccc(Br)cc1Nc1ccc(Cl)cc1Br. The lowest BCUT2D eigenvalue weighted by molar-refractivity contribution is 1.45. The van der Waals surface area contributed by atoms with Gasteiger partial charge in [-0.15, -0.1) is 0 Å². The highest BCUT2D eigenvalue weighted by molar-refractivity contribution is 9.10. The number of rotatable bonds is 2. The third-order valence-electron chi connectivity index (χ3n) is 2.30. The minimum atomic E-state index is 0.583. The molecular weight excluding hydrogens is 379 g/mol. The molecule has 0 saturated carbocycles. The second kappa shape index (κ2) is 5.75. The molecule has 0 radical (unpaired) electrons. The molecule has 2 aromatic rings. The molecule has 0 saturated heterocycles. The summed E-state index contributed by atoms with van der Waals surface area (Å²) in [6.07, 6.45) is 0.